The highest BCUT2D eigenvalue weighted by Gasteiger charge is 2.43. The molecule has 0 radical (unpaired) electrons. The minimum Gasteiger partial charge on any atom is -0.320 e. The second-order valence-corrected chi connectivity index (χ2v) is 7.55. The highest BCUT2D eigenvalue weighted by Crippen LogP contribution is 2.32. The zero-order valence-electron chi connectivity index (χ0n) is 16.0. The maximum Gasteiger partial charge on any atom is 0.324 e. The van der Waals surface area contributed by atoms with E-state index in [2.05, 4.69) is 25.3 Å². The number of urea groups is 1. The molecule has 0 bridgehead atoms. The van der Waals surface area contributed by atoms with Gasteiger partial charge in [-0.25, -0.2) is 9.48 Å². The van der Waals surface area contributed by atoms with Crippen molar-refractivity contribution in [2.75, 3.05) is 38.1 Å². The van der Waals surface area contributed by atoms with Crippen LogP contribution >= 0.6 is 0 Å². The number of aryl methyl sites for hydroxylation is 2. The maximum absolute atomic E-state index is 13.0. The van der Waals surface area contributed by atoms with Crippen molar-refractivity contribution in [2.24, 2.45) is 5.92 Å². The molecule has 2 amide bonds. The van der Waals surface area contributed by atoms with Gasteiger partial charge in [-0.05, 0) is 54.8 Å². The zero-order chi connectivity index (χ0) is 18.8. The number of tetrazole rings is 1. The maximum atomic E-state index is 13.0. The molecule has 2 atom stereocenters. The number of nitrogens with zero attached hydrogens (tertiary/aromatic N) is 7. The van der Waals surface area contributed by atoms with Gasteiger partial charge < -0.3 is 9.80 Å². The summed E-state index contributed by atoms with van der Waals surface area (Å²) >= 11 is 0. The summed E-state index contributed by atoms with van der Waals surface area (Å²) in [6, 6.07) is 10.3. The number of para-hydroxylation sites is 1. The molecule has 2 fully saturated rings. The minimum absolute atomic E-state index is 0.111. The van der Waals surface area contributed by atoms with E-state index >= 15 is 0 Å². The molecule has 27 heavy (non-hydrogen) atoms. The van der Waals surface area contributed by atoms with E-state index in [9.17, 15) is 4.79 Å². The van der Waals surface area contributed by atoms with Crippen LogP contribution in [0, 0.1) is 12.8 Å². The molecule has 2 aromatic rings. The van der Waals surface area contributed by atoms with Gasteiger partial charge >= 0.3 is 6.03 Å². The molecule has 2 aliphatic rings. The molecule has 1 aromatic heterocycles. The third kappa shape index (κ3) is 3.66. The summed E-state index contributed by atoms with van der Waals surface area (Å²) in [7, 11) is 1.87. The Bertz CT molecular complexity index is 777. The molecule has 2 aliphatic heterocycles. The predicted octanol–water partition coefficient (Wildman–Crippen LogP) is 1.63. The van der Waals surface area contributed by atoms with Gasteiger partial charge in [0.05, 0.1) is 6.04 Å². The first-order valence-electron chi connectivity index (χ1n) is 9.68. The summed E-state index contributed by atoms with van der Waals surface area (Å²) in [5, 5.41) is 11.6. The standard InChI is InChI=1S/C19H27N7O/c1-15-20-21-22-26(15)11-6-10-24-13-16-9-12-25(18(16)14-24)19(27)23(2)17-7-4-3-5-8-17/h3-5,7-8,16,18H,6,9-14H2,1-2H3/t16-,18+/m1/s1. The summed E-state index contributed by atoms with van der Waals surface area (Å²) < 4.78 is 1.85. The molecule has 0 N–H and O–H groups in total. The monoisotopic (exact) mass is 369 g/mol. The van der Waals surface area contributed by atoms with Gasteiger partial charge in [0.15, 0.2) is 0 Å². The SMILES string of the molecule is Cc1nnnn1CCCN1C[C@H]2CCN(C(=O)N(C)c3ccccc3)[C@H]2C1. The molecule has 0 saturated carbocycles. The van der Waals surface area contributed by atoms with E-state index in [0.29, 0.717) is 12.0 Å². The van der Waals surface area contributed by atoms with Crippen molar-refractivity contribution in [3.05, 3.63) is 36.2 Å². The molecule has 144 valence electrons. The summed E-state index contributed by atoms with van der Waals surface area (Å²) in [6.07, 6.45) is 2.12. The Morgan fingerprint density at radius 1 is 1.22 bits per heavy atom. The number of carbonyl (C=O) groups excluding carboxylic acids is 1. The van der Waals surface area contributed by atoms with Crippen molar-refractivity contribution < 1.29 is 4.79 Å². The van der Waals surface area contributed by atoms with Crippen LogP contribution in [-0.4, -0.2) is 75.3 Å². The molecule has 4 rings (SSSR count). The fourth-order valence-corrected chi connectivity index (χ4v) is 4.32. The van der Waals surface area contributed by atoms with Crippen LogP contribution in [0.3, 0.4) is 0 Å². The predicted molar refractivity (Wildman–Crippen MR) is 102 cm³/mol. The molecular formula is C19H27N7O. The van der Waals surface area contributed by atoms with Crippen LogP contribution in [0.5, 0.6) is 0 Å². The largest absolute Gasteiger partial charge is 0.324 e. The highest BCUT2D eigenvalue weighted by atomic mass is 16.2. The van der Waals surface area contributed by atoms with Gasteiger partial charge in [0.25, 0.3) is 0 Å². The number of carbonyl (C=O) groups is 1. The van der Waals surface area contributed by atoms with Crippen molar-refractivity contribution >= 4 is 11.7 Å². The number of anilines is 1. The lowest BCUT2D eigenvalue weighted by molar-refractivity contribution is 0.194. The lowest BCUT2D eigenvalue weighted by Crippen LogP contribution is -2.46. The van der Waals surface area contributed by atoms with Gasteiger partial charge in [-0.1, -0.05) is 18.2 Å². The lowest BCUT2D eigenvalue weighted by Gasteiger charge is -2.29. The van der Waals surface area contributed by atoms with Crippen molar-refractivity contribution in [2.45, 2.75) is 32.4 Å². The van der Waals surface area contributed by atoms with Crippen molar-refractivity contribution in [1.29, 1.82) is 0 Å². The first kappa shape index (κ1) is 17.9. The van der Waals surface area contributed by atoms with Gasteiger partial charge in [-0.3, -0.25) is 4.90 Å². The summed E-state index contributed by atoms with van der Waals surface area (Å²) in [6.45, 7) is 6.69. The molecule has 8 nitrogen and oxygen atoms in total. The average molecular weight is 369 g/mol. The van der Waals surface area contributed by atoms with Crippen LogP contribution in [0.25, 0.3) is 0 Å². The second kappa shape index (κ2) is 7.64. The summed E-state index contributed by atoms with van der Waals surface area (Å²) in [5.74, 6) is 1.45. The average Bonchev–Trinajstić information content (AvgIpc) is 3.37. The third-order valence-electron chi connectivity index (χ3n) is 5.85. The number of likely N-dealkylation sites (tertiary alicyclic amines) is 2. The first-order valence-corrected chi connectivity index (χ1v) is 9.68. The Morgan fingerprint density at radius 2 is 2.04 bits per heavy atom. The Balaban J connectivity index is 1.31. The Kier molecular flexibility index (Phi) is 5.07. The number of fused-ring (bicyclic) bond motifs is 1. The second-order valence-electron chi connectivity index (χ2n) is 7.55. The Morgan fingerprint density at radius 3 is 2.78 bits per heavy atom. The van der Waals surface area contributed by atoms with E-state index < -0.39 is 0 Å². The van der Waals surface area contributed by atoms with E-state index in [-0.39, 0.29) is 6.03 Å². The summed E-state index contributed by atoms with van der Waals surface area (Å²) in [5.41, 5.74) is 0.942. The van der Waals surface area contributed by atoms with E-state index in [0.717, 1.165) is 57.1 Å². The number of hydrogen-bond acceptors (Lipinski definition) is 5. The number of amides is 2. The van der Waals surface area contributed by atoms with Crippen molar-refractivity contribution in [3.63, 3.8) is 0 Å². The van der Waals surface area contributed by atoms with Gasteiger partial charge in [0, 0.05) is 38.9 Å². The van der Waals surface area contributed by atoms with Crippen molar-refractivity contribution in [3.8, 4) is 0 Å². The first-order chi connectivity index (χ1) is 13.1. The number of hydrogen-bond donors (Lipinski definition) is 0. The third-order valence-corrected chi connectivity index (χ3v) is 5.85. The topological polar surface area (TPSA) is 70.4 Å². The van der Waals surface area contributed by atoms with Gasteiger partial charge in [0.2, 0.25) is 0 Å². The Labute approximate surface area is 159 Å². The molecular weight excluding hydrogens is 342 g/mol. The van der Waals surface area contributed by atoms with Crippen LogP contribution < -0.4 is 4.90 Å². The van der Waals surface area contributed by atoms with Crippen LogP contribution in [0.4, 0.5) is 10.5 Å². The number of aromatic nitrogens is 4. The molecule has 1 aromatic carbocycles. The molecule has 0 spiro atoms. The van der Waals surface area contributed by atoms with Crippen LogP contribution in [0.1, 0.15) is 18.7 Å². The summed E-state index contributed by atoms with van der Waals surface area (Å²) in [4.78, 5) is 19.3. The minimum atomic E-state index is 0.111. The quantitative estimate of drug-likeness (QED) is 0.801. The Hall–Kier alpha value is -2.48. The van der Waals surface area contributed by atoms with Crippen LogP contribution in [-0.2, 0) is 6.54 Å². The van der Waals surface area contributed by atoms with Crippen LogP contribution in [0.2, 0.25) is 0 Å². The normalized spacial score (nSPS) is 22.2. The zero-order valence-corrected chi connectivity index (χ0v) is 16.0. The van der Waals surface area contributed by atoms with Gasteiger partial charge in [-0.2, -0.15) is 0 Å². The molecule has 3 heterocycles. The van der Waals surface area contributed by atoms with Gasteiger partial charge in [-0.15, -0.1) is 5.10 Å². The van der Waals surface area contributed by atoms with E-state index in [4.69, 9.17) is 0 Å². The molecule has 0 unspecified atom stereocenters. The molecule has 8 heteroatoms. The van der Waals surface area contributed by atoms with Crippen LogP contribution in [0.15, 0.2) is 30.3 Å². The fourth-order valence-electron chi connectivity index (χ4n) is 4.32. The van der Waals surface area contributed by atoms with E-state index in [1.54, 1.807) is 4.90 Å². The lowest BCUT2D eigenvalue weighted by atomic mass is 10.1. The smallest absolute Gasteiger partial charge is 0.320 e. The number of benzene rings is 1. The van der Waals surface area contributed by atoms with E-state index in [1.807, 2.05) is 49.0 Å². The fraction of sp³-hybridized carbons (Fsp3) is 0.579. The highest BCUT2D eigenvalue weighted by molar-refractivity contribution is 5.91. The van der Waals surface area contributed by atoms with E-state index in [1.165, 1.54) is 0 Å². The van der Waals surface area contributed by atoms with Crippen molar-refractivity contribution in [1.82, 2.24) is 30.0 Å². The molecule has 2 saturated heterocycles. The van der Waals surface area contributed by atoms with Gasteiger partial charge in [0.1, 0.15) is 5.82 Å². The molecule has 0 aliphatic carbocycles. The number of rotatable bonds is 5.